The van der Waals surface area contributed by atoms with Crippen LogP contribution in [0, 0.1) is 29.1 Å². The standard InChI is InChI=1S/C25H22N10O3/c1-12(35-11-29-21-20(35)23(37)33(7-6-26)25(38)32(21)2)22(36)31-16-5-3-4-15(30-16)13-8-27-24(28-9-13)34-10-14-17-18(14)19(17)34/h3-5,8-9,11-12,14,17-19H,7,10H2,1-2H3,(H,30,31,36)/t12-,14?,17?,18?,19?/m0/s1. The van der Waals surface area contributed by atoms with Crippen molar-refractivity contribution in [1.82, 2.24) is 33.6 Å². The Bertz CT molecular complexity index is 1780. The number of hydrogen-bond donors (Lipinski definition) is 1. The number of aromatic nitrogens is 7. The van der Waals surface area contributed by atoms with Crippen LogP contribution in [0.4, 0.5) is 11.8 Å². The Kier molecular flexibility index (Phi) is 4.60. The molecule has 0 radical (unpaired) electrons. The van der Waals surface area contributed by atoms with Crippen molar-refractivity contribution in [3.8, 4) is 17.3 Å². The van der Waals surface area contributed by atoms with E-state index in [1.807, 2.05) is 12.1 Å². The van der Waals surface area contributed by atoms with Gasteiger partial charge < -0.3 is 14.8 Å². The van der Waals surface area contributed by atoms with E-state index in [1.165, 1.54) is 22.5 Å². The number of hydrogen-bond acceptors (Lipinski definition) is 9. The van der Waals surface area contributed by atoms with Crippen molar-refractivity contribution in [2.75, 3.05) is 16.8 Å². The zero-order valence-corrected chi connectivity index (χ0v) is 20.5. The van der Waals surface area contributed by atoms with Crippen molar-refractivity contribution in [3.63, 3.8) is 0 Å². The van der Waals surface area contributed by atoms with E-state index in [1.54, 1.807) is 31.5 Å². The minimum absolute atomic E-state index is 0.0565. The molecule has 8 rings (SSSR count). The molecule has 13 heteroatoms. The van der Waals surface area contributed by atoms with Gasteiger partial charge in [0.2, 0.25) is 11.9 Å². The molecule has 3 atom stereocenters. The van der Waals surface area contributed by atoms with E-state index in [9.17, 15) is 14.4 Å². The van der Waals surface area contributed by atoms with Crippen LogP contribution in [0.1, 0.15) is 13.0 Å². The smallest absolute Gasteiger partial charge is 0.333 e. The Balaban J connectivity index is 1.12. The number of aryl methyl sites for hydroxylation is 1. The molecule has 6 heterocycles. The van der Waals surface area contributed by atoms with Gasteiger partial charge in [-0.15, -0.1) is 0 Å². The molecule has 0 aromatic carbocycles. The largest absolute Gasteiger partial charge is 0.337 e. The molecule has 2 unspecified atom stereocenters. The highest BCUT2D eigenvalue weighted by molar-refractivity contribution is 5.93. The summed E-state index contributed by atoms with van der Waals surface area (Å²) in [5.74, 6) is 3.23. The number of amides is 1. The van der Waals surface area contributed by atoms with Crippen LogP contribution in [0.25, 0.3) is 22.4 Å². The second kappa shape index (κ2) is 7.82. The van der Waals surface area contributed by atoms with Crippen LogP contribution in [0.15, 0.2) is 46.5 Å². The Morgan fingerprint density at radius 2 is 1.97 bits per heavy atom. The topological polar surface area (TPSA) is 157 Å². The number of rotatable bonds is 6. The fourth-order valence-corrected chi connectivity index (χ4v) is 5.77. The third-order valence-corrected chi connectivity index (χ3v) is 7.98. The van der Waals surface area contributed by atoms with Crippen molar-refractivity contribution in [2.45, 2.75) is 25.6 Å². The number of pyridine rings is 1. The highest BCUT2D eigenvalue weighted by Gasteiger charge is 2.81. The van der Waals surface area contributed by atoms with Crippen molar-refractivity contribution in [3.05, 3.63) is 57.8 Å². The van der Waals surface area contributed by atoms with E-state index in [-0.39, 0.29) is 11.2 Å². The van der Waals surface area contributed by atoms with Gasteiger partial charge in [0.25, 0.3) is 5.56 Å². The highest BCUT2D eigenvalue weighted by atomic mass is 16.2. The Morgan fingerprint density at radius 1 is 1.21 bits per heavy atom. The molecule has 2 saturated carbocycles. The van der Waals surface area contributed by atoms with Gasteiger partial charge in [0.05, 0.1) is 18.1 Å². The zero-order valence-electron chi connectivity index (χ0n) is 20.5. The summed E-state index contributed by atoms with van der Waals surface area (Å²) in [7, 11) is 1.46. The third kappa shape index (κ3) is 3.13. The number of carbonyl (C=O) groups excluding carboxylic acids is 1. The minimum atomic E-state index is -0.859. The zero-order chi connectivity index (χ0) is 26.3. The van der Waals surface area contributed by atoms with Gasteiger partial charge in [-0.25, -0.2) is 29.3 Å². The van der Waals surface area contributed by atoms with Crippen LogP contribution >= 0.6 is 0 Å². The lowest BCUT2D eigenvalue weighted by molar-refractivity contribution is -0.118. The first kappa shape index (κ1) is 22.3. The van der Waals surface area contributed by atoms with Crippen molar-refractivity contribution in [1.29, 1.82) is 5.26 Å². The normalized spacial score (nSPS) is 23.1. The van der Waals surface area contributed by atoms with Gasteiger partial charge >= 0.3 is 5.69 Å². The number of nitriles is 1. The molecule has 190 valence electrons. The number of fused-ring (bicyclic) bond motifs is 2. The molecule has 2 aliphatic carbocycles. The number of nitrogens with zero attached hydrogens (tertiary/aromatic N) is 9. The first-order valence-electron chi connectivity index (χ1n) is 12.3. The summed E-state index contributed by atoms with van der Waals surface area (Å²) in [6.07, 6.45) is 4.83. The lowest BCUT2D eigenvalue weighted by Crippen LogP contribution is -2.40. The number of imidazole rings is 1. The van der Waals surface area contributed by atoms with Crippen LogP contribution < -0.4 is 21.5 Å². The first-order chi connectivity index (χ1) is 18.4. The molecule has 2 bridgehead atoms. The average Bonchev–Trinajstić information content (AvgIpc) is 3.61. The number of nitrogens with one attached hydrogen (secondary N) is 1. The molecule has 4 fully saturated rings. The Labute approximate surface area is 215 Å². The molecule has 4 aromatic heterocycles. The summed E-state index contributed by atoms with van der Waals surface area (Å²) >= 11 is 0. The molecule has 2 aliphatic heterocycles. The second-order valence-corrected chi connectivity index (χ2v) is 10.0. The van der Waals surface area contributed by atoms with Gasteiger partial charge in [0.1, 0.15) is 18.4 Å². The summed E-state index contributed by atoms with van der Waals surface area (Å²) in [6.45, 7) is 2.25. The number of piperidine rings is 1. The SMILES string of the molecule is C[C@@H](C(=O)Nc1cccc(-c2cnc(N3CC4C5C4C53)nc2)n1)n1cnc2c1c(=O)n(CC#N)c(=O)n2C. The fraction of sp³-hybridized carbons (Fsp3) is 0.360. The molecule has 4 aliphatic rings. The van der Waals surface area contributed by atoms with E-state index in [0.717, 1.165) is 40.4 Å². The van der Waals surface area contributed by atoms with E-state index in [4.69, 9.17) is 5.26 Å². The predicted molar refractivity (Wildman–Crippen MR) is 135 cm³/mol. The average molecular weight is 511 g/mol. The fourth-order valence-electron chi connectivity index (χ4n) is 5.77. The molecule has 2 saturated heterocycles. The van der Waals surface area contributed by atoms with Crippen LogP contribution in [-0.2, 0) is 18.4 Å². The van der Waals surface area contributed by atoms with Gasteiger partial charge in [-0.2, -0.15) is 5.26 Å². The molecule has 1 N–H and O–H groups in total. The maximum atomic E-state index is 13.1. The lowest BCUT2D eigenvalue weighted by atomic mass is 10.2. The molecule has 13 nitrogen and oxygen atoms in total. The Morgan fingerprint density at radius 3 is 2.66 bits per heavy atom. The maximum absolute atomic E-state index is 13.1. The van der Waals surface area contributed by atoms with Crippen molar-refractivity contribution < 1.29 is 4.79 Å². The third-order valence-electron chi connectivity index (χ3n) is 7.98. The number of carbonyl (C=O) groups is 1. The lowest BCUT2D eigenvalue weighted by Gasteiger charge is -2.16. The molecule has 0 spiro atoms. The van der Waals surface area contributed by atoms with Gasteiger partial charge in [-0.1, -0.05) is 6.07 Å². The molecule has 38 heavy (non-hydrogen) atoms. The summed E-state index contributed by atoms with van der Waals surface area (Å²) < 4.78 is 3.39. The van der Waals surface area contributed by atoms with E-state index in [0.29, 0.717) is 17.6 Å². The van der Waals surface area contributed by atoms with Crippen molar-refractivity contribution >= 4 is 28.8 Å². The monoisotopic (exact) mass is 510 g/mol. The second-order valence-electron chi connectivity index (χ2n) is 10.0. The summed E-state index contributed by atoms with van der Waals surface area (Å²) in [4.78, 5) is 58.7. The molecule has 4 aromatic rings. The van der Waals surface area contributed by atoms with E-state index in [2.05, 4.69) is 30.2 Å². The van der Waals surface area contributed by atoms with E-state index < -0.39 is 29.7 Å². The van der Waals surface area contributed by atoms with Crippen molar-refractivity contribution in [2.24, 2.45) is 24.8 Å². The molecular formula is C25H22N10O3. The molecule has 1 amide bonds. The van der Waals surface area contributed by atoms with Gasteiger partial charge in [-0.05, 0) is 36.8 Å². The minimum Gasteiger partial charge on any atom is -0.337 e. The van der Waals surface area contributed by atoms with Crippen LogP contribution in [0.3, 0.4) is 0 Å². The highest BCUT2D eigenvalue weighted by Crippen LogP contribution is 2.75. The van der Waals surface area contributed by atoms with Crippen LogP contribution in [0.2, 0.25) is 0 Å². The van der Waals surface area contributed by atoms with Crippen LogP contribution in [0.5, 0.6) is 0 Å². The van der Waals surface area contributed by atoms with Gasteiger partial charge in [0, 0.05) is 37.6 Å². The predicted octanol–water partition coefficient (Wildman–Crippen LogP) is 0.536. The molecular weight excluding hydrogens is 488 g/mol. The summed E-state index contributed by atoms with van der Waals surface area (Å²) in [5, 5.41) is 11.8. The first-order valence-corrected chi connectivity index (χ1v) is 12.3. The van der Waals surface area contributed by atoms with Gasteiger partial charge in [0.15, 0.2) is 11.2 Å². The van der Waals surface area contributed by atoms with Gasteiger partial charge in [-0.3, -0.25) is 14.2 Å². The number of anilines is 2. The Hall–Kier alpha value is -4.86. The maximum Gasteiger partial charge on any atom is 0.333 e. The van der Waals surface area contributed by atoms with Crippen LogP contribution in [-0.4, -0.2) is 52.1 Å². The summed E-state index contributed by atoms with van der Waals surface area (Å²) in [5.41, 5.74) is 0.198. The quantitative estimate of drug-likeness (QED) is 0.391. The van der Waals surface area contributed by atoms with E-state index >= 15 is 0 Å². The summed E-state index contributed by atoms with van der Waals surface area (Å²) in [6, 6.07) is 6.85.